The number of hydrogen-bond acceptors (Lipinski definition) is 2. The fraction of sp³-hybridized carbons (Fsp3) is 1.00. The molecule has 0 aliphatic carbocycles. The Balaban J connectivity index is 0. The van der Waals surface area contributed by atoms with E-state index in [0.717, 1.165) is 12.3 Å². The molecule has 0 aromatic rings. The second kappa shape index (κ2) is 13.9. The van der Waals surface area contributed by atoms with Crippen LogP contribution in [0.5, 0.6) is 0 Å². The molecule has 2 heteroatoms. The van der Waals surface area contributed by atoms with Crippen LogP contribution in [-0.2, 0) is 0 Å². The Morgan fingerprint density at radius 3 is 2.07 bits per heavy atom. The maximum absolute atomic E-state index is 8.80. The van der Waals surface area contributed by atoms with Crippen molar-refractivity contribution in [1.29, 1.82) is 0 Å². The van der Waals surface area contributed by atoms with Crippen LogP contribution in [0.2, 0.25) is 0 Å². The first-order valence-electron chi connectivity index (χ1n) is 6.46. The average Bonchev–Trinajstić information content (AvgIpc) is 2.25. The number of aliphatic hydroxyl groups excluding tert-OH is 1. The molecule has 0 fully saturated rings. The largest absolute Gasteiger partial charge is 0.396 e. The number of rotatable bonds is 8. The van der Waals surface area contributed by atoms with E-state index in [0.29, 0.717) is 6.61 Å². The smallest absolute Gasteiger partial charge is 0.0433 e. The van der Waals surface area contributed by atoms with Crippen molar-refractivity contribution < 1.29 is 5.11 Å². The number of aliphatic hydroxyl groups is 1. The number of hydrogen-bond donors (Lipinski definition) is 1. The van der Waals surface area contributed by atoms with Crippen molar-refractivity contribution in [3.8, 4) is 0 Å². The molecule has 0 radical (unpaired) electrons. The minimum Gasteiger partial charge on any atom is -0.396 e. The summed E-state index contributed by atoms with van der Waals surface area (Å²) in [4.78, 5) is 2.23. The van der Waals surface area contributed by atoms with Crippen LogP contribution in [-0.4, -0.2) is 37.3 Å². The van der Waals surface area contributed by atoms with Gasteiger partial charge in [0.15, 0.2) is 0 Å². The van der Waals surface area contributed by atoms with Crippen molar-refractivity contribution in [3.63, 3.8) is 0 Å². The maximum Gasteiger partial charge on any atom is 0.0433 e. The predicted octanol–water partition coefficient (Wildman–Crippen LogP) is 3.15. The lowest BCUT2D eigenvalue weighted by atomic mass is 9.96. The van der Waals surface area contributed by atoms with Crippen molar-refractivity contribution in [3.05, 3.63) is 0 Å². The van der Waals surface area contributed by atoms with E-state index in [9.17, 15) is 0 Å². The van der Waals surface area contributed by atoms with Gasteiger partial charge < -0.3 is 10.0 Å². The zero-order chi connectivity index (χ0) is 12.1. The molecule has 2 nitrogen and oxygen atoms in total. The zero-order valence-electron chi connectivity index (χ0n) is 11.4. The summed E-state index contributed by atoms with van der Waals surface area (Å²) in [6, 6.07) is 0. The van der Waals surface area contributed by atoms with E-state index in [2.05, 4.69) is 25.9 Å². The van der Waals surface area contributed by atoms with Crippen LogP contribution in [0.1, 0.15) is 52.9 Å². The third-order valence-electron chi connectivity index (χ3n) is 2.58. The molecule has 1 unspecified atom stereocenters. The van der Waals surface area contributed by atoms with Gasteiger partial charge in [-0.25, -0.2) is 0 Å². The Morgan fingerprint density at radius 1 is 1.07 bits per heavy atom. The average molecular weight is 217 g/mol. The van der Waals surface area contributed by atoms with Crippen LogP contribution in [0, 0.1) is 5.92 Å². The third-order valence-corrected chi connectivity index (χ3v) is 2.58. The summed E-state index contributed by atoms with van der Waals surface area (Å²) in [6.07, 6.45) is 6.07. The van der Waals surface area contributed by atoms with E-state index in [1.54, 1.807) is 0 Å². The summed E-state index contributed by atoms with van der Waals surface area (Å²) >= 11 is 0. The Hall–Kier alpha value is -0.0800. The minimum atomic E-state index is 0.353. The summed E-state index contributed by atoms with van der Waals surface area (Å²) in [5.41, 5.74) is 0. The predicted molar refractivity (Wildman–Crippen MR) is 69.2 cm³/mol. The van der Waals surface area contributed by atoms with E-state index < -0.39 is 0 Å². The van der Waals surface area contributed by atoms with Crippen LogP contribution >= 0.6 is 0 Å². The molecule has 0 aliphatic rings. The third kappa shape index (κ3) is 13.9. The van der Waals surface area contributed by atoms with Gasteiger partial charge >= 0.3 is 0 Å². The Labute approximate surface area is 96.7 Å². The molecule has 1 atom stereocenters. The van der Waals surface area contributed by atoms with E-state index in [1.165, 1.54) is 32.2 Å². The summed E-state index contributed by atoms with van der Waals surface area (Å²) < 4.78 is 0. The molecule has 1 N–H and O–H groups in total. The van der Waals surface area contributed by atoms with Crippen molar-refractivity contribution in [2.45, 2.75) is 52.9 Å². The van der Waals surface area contributed by atoms with Gasteiger partial charge in [0.05, 0.1) is 0 Å². The first-order chi connectivity index (χ1) is 7.20. The second-order valence-electron chi connectivity index (χ2n) is 4.09. The minimum absolute atomic E-state index is 0.353. The van der Waals surface area contributed by atoms with Crippen LogP contribution < -0.4 is 0 Å². The van der Waals surface area contributed by atoms with Gasteiger partial charge in [0, 0.05) is 6.61 Å². The number of unbranched alkanes of at least 4 members (excludes halogenated alkanes) is 1. The zero-order valence-corrected chi connectivity index (χ0v) is 11.4. The highest BCUT2D eigenvalue weighted by Crippen LogP contribution is 2.15. The van der Waals surface area contributed by atoms with Crippen LogP contribution in [0.3, 0.4) is 0 Å². The lowest BCUT2D eigenvalue weighted by Crippen LogP contribution is -2.13. The van der Waals surface area contributed by atoms with Gasteiger partial charge in [0.1, 0.15) is 0 Å². The van der Waals surface area contributed by atoms with E-state index in [4.69, 9.17) is 5.11 Å². The van der Waals surface area contributed by atoms with Crippen LogP contribution in [0.4, 0.5) is 0 Å². The number of nitrogens with zero attached hydrogens (tertiary/aromatic N) is 1. The first-order valence-corrected chi connectivity index (χ1v) is 6.46. The quantitative estimate of drug-likeness (QED) is 0.631. The van der Waals surface area contributed by atoms with E-state index in [-0.39, 0.29) is 0 Å². The summed E-state index contributed by atoms with van der Waals surface area (Å²) in [5.74, 6) is 0.743. The molecular weight excluding hydrogens is 186 g/mol. The molecule has 0 aromatic heterocycles. The second-order valence-corrected chi connectivity index (χ2v) is 4.09. The van der Waals surface area contributed by atoms with E-state index in [1.807, 2.05) is 13.8 Å². The molecular formula is C13H31NO. The monoisotopic (exact) mass is 217 g/mol. The molecule has 0 aromatic carbocycles. The summed E-state index contributed by atoms with van der Waals surface area (Å²) in [7, 11) is 4.23. The standard InChI is InChI=1S/C11H25NO.C2H6/c1-4-11(8-10-13)7-5-6-9-12(2)3;1-2/h11,13H,4-10H2,1-3H3;1-2H3. The normalized spacial score (nSPS) is 12.2. The Kier molecular flexibility index (Phi) is 16.1. The fourth-order valence-corrected chi connectivity index (χ4v) is 1.60. The van der Waals surface area contributed by atoms with Crippen molar-refractivity contribution in [2.24, 2.45) is 5.92 Å². The molecule has 0 amide bonds. The molecule has 94 valence electrons. The maximum atomic E-state index is 8.80. The molecule has 0 heterocycles. The highest BCUT2D eigenvalue weighted by molar-refractivity contribution is 4.57. The highest BCUT2D eigenvalue weighted by atomic mass is 16.3. The van der Waals surface area contributed by atoms with Gasteiger partial charge in [-0.1, -0.05) is 40.0 Å². The molecule has 0 spiro atoms. The molecule has 15 heavy (non-hydrogen) atoms. The van der Waals surface area contributed by atoms with Crippen molar-refractivity contribution >= 4 is 0 Å². The summed E-state index contributed by atoms with van der Waals surface area (Å²) in [6.45, 7) is 7.76. The van der Waals surface area contributed by atoms with E-state index >= 15 is 0 Å². The van der Waals surface area contributed by atoms with Crippen molar-refractivity contribution in [1.82, 2.24) is 4.90 Å². The van der Waals surface area contributed by atoms with Crippen LogP contribution in [0.15, 0.2) is 0 Å². The summed E-state index contributed by atoms with van der Waals surface area (Å²) in [5, 5.41) is 8.80. The fourth-order valence-electron chi connectivity index (χ4n) is 1.60. The lowest BCUT2D eigenvalue weighted by Gasteiger charge is -2.14. The topological polar surface area (TPSA) is 23.5 Å². The molecule has 0 aliphatic heterocycles. The Bertz CT molecular complexity index is 105. The van der Waals surface area contributed by atoms with Gasteiger partial charge in [-0.3, -0.25) is 0 Å². The van der Waals surface area contributed by atoms with Gasteiger partial charge in [0.25, 0.3) is 0 Å². The highest BCUT2D eigenvalue weighted by Gasteiger charge is 2.04. The van der Waals surface area contributed by atoms with Gasteiger partial charge in [-0.15, -0.1) is 0 Å². The van der Waals surface area contributed by atoms with Crippen molar-refractivity contribution in [2.75, 3.05) is 27.2 Å². The first kappa shape index (κ1) is 17.3. The van der Waals surface area contributed by atoms with Gasteiger partial charge in [-0.2, -0.15) is 0 Å². The molecule has 0 saturated heterocycles. The molecule has 0 rings (SSSR count). The lowest BCUT2D eigenvalue weighted by molar-refractivity contribution is 0.245. The van der Waals surface area contributed by atoms with Gasteiger partial charge in [-0.05, 0) is 39.4 Å². The molecule has 0 bridgehead atoms. The Morgan fingerprint density at radius 2 is 1.67 bits per heavy atom. The van der Waals surface area contributed by atoms with Crippen LogP contribution in [0.25, 0.3) is 0 Å². The van der Waals surface area contributed by atoms with Gasteiger partial charge in [0.2, 0.25) is 0 Å². The molecule has 0 saturated carbocycles. The SMILES string of the molecule is CC.CCC(CCO)CCCCN(C)C.